The molecule has 2 aliphatic rings. The monoisotopic (exact) mass is 262 g/mol. The quantitative estimate of drug-likeness (QED) is 0.909. The average molecular weight is 262 g/mol. The largest absolute Gasteiger partial charge is 0.497 e. The highest BCUT2D eigenvalue weighted by Crippen LogP contribution is 2.55. The lowest BCUT2D eigenvalue weighted by Gasteiger charge is -2.38. The van der Waals surface area contributed by atoms with Crippen LogP contribution in [0.25, 0.3) is 0 Å². The number of benzene rings is 1. The van der Waals surface area contributed by atoms with Crippen molar-refractivity contribution in [1.29, 1.82) is 0 Å². The highest BCUT2D eigenvalue weighted by atomic mass is 16.5. The molecule has 1 aromatic carbocycles. The Hall–Kier alpha value is -1.55. The van der Waals surface area contributed by atoms with Crippen molar-refractivity contribution in [2.75, 3.05) is 13.7 Å². The summed E-state index contributed by atoms with van der Waals surface area (Å²) in [4.78, 5) is 11.2. The van der Waals surface area contributed by atoms with E-state index in [1.54, 1.807) is 7.11 Å². The first-order chi connectivity index (χ1) is 9.14. The molecule has 1 heterocycles. The van der Waals surface area contributed by atoms with Crippen LogP contribution < -0.4 is 4.74 Å². The zero-order chi connectivity index (χ0) is 13.5. The van der Waals surface area contributed by atoms with Crippen molar-refractivity contribution < 1.29 is 19.4 Å². The Morgan fingerprint density at radius 3 is 3.16 bits per heavy atom. The molecular weight excluding hydrogens is 244 g/mol. The first-order valence-corrected chi connectivity index (χ1v) is 6.65. The number of hydrogen-bond acceptors (Lipinski definition) is 3. The van der Waals surface area contributed by atoms with Crippen LogP contribution in [0.3, 0.4) is 0 Å². The van der Waals surface area contributed by atoms with Gasteiger partial charge in [0.1, 0.15) is 5.75 Å². The molecule has 1 N–H and O–H groups in total. The number of carboxylic acid groups (broad SMARTS) is 1. The fourth-order valence-electron chi connectivity index (χ4n) is 3.56. The minimum atomic E-state index is -0.740. The van der Waals surface area contributed by atoms with E-state index in [1.807, 2.05) is 18.2 Å². The molecule has 0 radical (unpaired) electrons. The molecule has 1 fully saturated rings. The van der Waals surface area contributed by atoms with Gasteiger partial charge in [0.05, 0.1) is 19.6 Å². The molecule has 0 saturated carbocycles. The van der Waals surface area contributed by atoms with Gasteiger partial charge in [-0.1, -0.05) is 6.07 Å². The van der Waals surface area contributed by atoms with Crippen LogP contribution in [0.1, 0.15) is 36.5 Å². The van der Waals surface area contributed by atoms with Gasteiger partial charge in [0, 0.05) is 12.0 Å². The number of carboxylic acids is 1. The van der Waals surface area contributed by atoms with Crippen LogP contribution in [-0.4, -0.2) is 24.8 Å². The number of carbonyl (C=O) groups is 1. The third-order valence-corrected chi connectivity index (χ3v) is 4.34. The van der Waals surface area contributed by atoms with Crippen molar-refractivity contribution >= 4 is 5.97 Å². The molecular formula is C15H18O4. The van der Waals surface area contributed by atoms with E-state index in [2.05, 4.69) is 0 Å². The summed E-state index contributed by atoms with van der Waals surface area (Å²) in [5.41, 5.74) is 2.05. The number of rotatable bonds is 3. The molecule has 2 atom stereocenters. The lowest BCUT2D eigenvalue weighted by atomic mass is 9.74. The fraction of sp³-hybridized carbons (Fsp3) is 0.533. The Labute approximate surface area is 112 Å². The van der Waals surface area contributed by atoms with E-state index in [4.69, 9.17) is 9.47 Å². The van der Waals surface area contributed by atoms with Crippen LogP contribution in [-0.2, 0) is 16.0 Å². The van der Waals surface area contributed by atoms with E-state index in [0.717, 1.165) is 30.6 Å². The van der Waals surface area contributed by atoms with E-state index in [1.165, 1.54) is 5.56 Å². The molecule has 4 nitrogen and oxygen atoms in total. The molecule has 1 aliphatic carbocycles. The highest BCUT2D eigenvalue weighted by Gasteiger charge is 2.49. The van der Waals surface area contributed by atoms with E-state index < -0.39 is 5.97 Å². The highest BCUT2D eigenvalue weighted by molar-refractivity contribution is 5.68. The topological polar surface area (TPSA) is 55.8 Å². The first kappa shape index (κ1) is 12.5. The summed E-state index contributed by atoms with van der Waals surface area (Å²) in [5, 5.41) is 9.21. The molecule has 1 aliphatic heterocycles. The lowest BCUT2D eigenvalue weighted by Crippen LogP contribution is -2.34. The predicted octanol–water partition coefficient (Wildman–Crippen LogP) is 2.56. The second kappa shape index (κ2) is 4.53. The van der Waals surface area contributed by atoms with Crippen molar-refractivity contribution in [3.8, 4) is 5.75 Å². The molecule has 1 aromatic rings. The Kier molecular flexibility index (Phi) is 2.97. The molecule has 0 bridgehead atoms. The molecule has 4 heteroatoms. The molecule has 1 saturated heterocycles. The van der Waals surface area contributed by atoms with E-state index in [0.29, 0.717) is 6.61 Å². The molecule has 2 unspecified atom stereocenters. The molecule has 3 rings (SSSR count). The molecule has 19 heavy (non-hydrogen) atoms. The third-order valence-electron chi connectivity index (χ3n) is 4.34. The first-order valence-electron chi connectivity index (χ1n) is 6.65. The Morgan fingerprint density at radius 1 is 1.58 bits per heavy atom. The second-order valence-corrected chi connectivity index (χ2v) is 5.53. The maximum Gasteiger partial charge on any atom is 0.304 e. The summed E-state index contributed by atoms with van der Waals surface area (Å²) in [6, 6.07) is 5.97. The summed E-state index contributed by atoms with van der Waals surface area (Å²) < 4.78 is 11.2. The van der Waals surface area contributed by atoms with Gasteiger partial charge in [0.25, 0.3) is 0 Å². The van der Waals surface area contributed by atoms with Gasteiger partial charge in [-0.25, -0.2) is 0 Å². The van der Waals surface area contributed by atoms with Crippen LogP contribution >= 0.6 is 0 Å². The third kappa shape index (κ3) is 2.00. The maximum atomic E-state index is 11.2. The smallest absolute Gasteiger partial charge is 0.304 e. The number of aliphatic carboxylic acids is 1. The number of methoxy groups -OCH3 is 1. The number of ether oxygens (including phenoxy) is 2. The summed E-state index contributed by atoms with van der Waals surface area (Å²) >= 11 is 0. The van der Waals surface area contributed by atoms with Gasteiger partial charge in [-0.2, -0.15) is 0 Å². The summed E-state index contributed by atoms with van der Waals surface area (Å²) in [6.45, 7) is 0.711. The zero-order valence-corrected chi connectivity index (χ0v) is 11.0. The SMILES string of the molecule is COc1ccc2c(c1)C1OCCCC1(CC(=O)O)C2. The maximum absolute atomic E-state index is 11.2. The van der Waals surface area contributed by atoms with Crippen LogP contribution in [0.15, 0.2) is 18.2 Å². The van der Waals surface area contributed by atoms with Crippen molar-refractivity contribution in [3.63, 3.8) is 0 Å². The van der Waals surface area contributed by atoms with Gasteiger partial charge in [-0.3, -0.25) is 4.79 Å². The predicted molar refractivity (Wildman–Crippen MR) is 69.3 cm³/mol. The number of hydrogen-bond donors (Lipinski definition) is 1. The normalized spacial score (nSPS) is 28.6. The van der Waals surface area contributed by atoms with Crippen molar-refractivity contribution in [1.82, 2.24) is 0 Å². The minimum absolute atomic E-state index is 0.0950. The Bertz CT molecular complexity index is 511. The Morgan fingerprint density at radius 2 is 2.42 bits per heavy atom. The summed E-state index contributed by atoms with van der Waals surface area (Å²) in [6.07, 6.45) is 2.73. The Balaban J connectivity index is 2.01. The van der Waals surface area contributed by atoms with Gasteiger partial charge in [0.2, 0.25) is 0 Å². The van der Waals surface area contributed by atoms with Gasteiger partial charge in [0.15, 0.2) is 0 Å². The van der Waals surface area contributed by atoms with Crippen LogP contribution in [0.4, 0.5) is 0 Å². The number of fused-ring (bicyclic) bond motifs is 3. The van der Waals surface area contributed by atoms with Crippen molar-refractivity contribution in [2.45, 2.75) is 31.8 Å². The fourth-order valence-corrected chi connectivity index (χ4v) is 3.56. The second-order valence-electron chi connectivity index (χ2n) is 5.53. The standard InChI is InChI=1S/C15H18O4/c1-18-11-4-3-10-8-15(9-13(16)17)5-2-6-19-14(15)12(10)7-11/h3-4,7,14H,2,5-6,8-9H2,1H3,(H,16,17). The summed E-state index contributed by atoms with van der Waals surface area (Å²) in [7, 11) is 1.64. The molecule has 0 aromatic heterocycles. The van der Waals surface area contributed by atoms with E-state index in [9.17, 15) is 9.90 Å². The average Bonchev–Trinajstić information content (AvgIpc) is 2.70. The molecule has 0 spiro atoms. The molecule has 102 valence electrons. The van der Waals surface area contributed by atoms with Gasteiger partial charge < -0.3 is 14.6 Å². The van der Waals surface area contributed by atoms with Crippen LogP contribution in [0, 0.1) is 5.41 Å². The van der Waals surface area contributed by atoms with Crippen molar-refractivity contribution in [2.24, 2.45) is 5.41 Å². The van der Waals surface area contributed by atoms with Crippen LogP contribution in [0.5, 0.6) is 5.75 Å². The van der Waals surface area contributed by atoms with Gasteiger partial charge in [-0.05, 0) is 42.5 Å². The lowest BCUT2D eigenvalue weighted by molar-refractivity contribution is -0.147. The van der Waals surface area contributed by atoms with E-state index >= 15 is 0 Å². The van der Waals surface area contributed by atoms with Crippen molar-refractivity contribution in [3.05, 3.63) is 29.3 Å². The summed E-state index contributed by atoms with van der Waals surface area (Å²) in [5.74, 6) is 0.0642. The zero-order valence-electron chi connectivity index (χ0n) is 11.0. The molecule has 0 amide bonds. The van der Waals surface area contributed by atoms with E-state index in [-0.39, 0.29) is 17.9 Å². The van der Waals surface area contributed by atoms with Gasteiger partial charge >= 0.3 is 5.97 Å². The van der Waals surface area contributed by atoms with Crippen LogP contribution in [0.2, 0.25) is 0 Å². The minimum Gasteiger partial charge on any atom is -0.497 e. The van der Waals surface area contributed by atoms with Gasteiger partial charge in [-0.15, -0.1) is 0 Å².